The molecule has 1 aromatic heterocycles. The highest BCUT2D eigenvalue weighted by atomic mass is 32.2. The van der Waals surface area contributed by atoms with Crippen molar-refractivity contribution in [1.29, 1.82) is 0 Å². The summed E-state index contributed by atoms with van der Waals surface area (Å²) >= 11 is 1.63. The lowest BCUT2D eigenvalue weighted by atomic mass is 9.98. The van der Waals surface area contributed by atoms with E-state index in [1.807, 2.05) is 7.05 Å². The van der Waals surface area contributed by atoms with E-state index in [2.05, 4.69) is 15.3 Å². The van der Waals surface area contributed by atoms with E-state index in [0.717, 1.165) is 24.4 Å². The molecule has 0 aromatic carbocycles. The van der Waals surface area contributed by atoms with Gasteiger partial charge in [-0.25, -0.2) is 9.97 Å². The molecule has 0 spiro atoms. The smallest absolute Gasteiger partial charge is 0.326 e. The number of methoxy groups -OCH3 is 1. The number of likely N-dealkylation sites (N-methyl/N-ethyl adjacent to an activating group) is 1. The molecule has 0 saturated heterocycles. The molecule has 1 heterocycles. The molecule has 2 rings (SSSR count). The molecule has 0 amide bonds. The number of carbonyl (C=O) groups is 1. The molecule has 1 aromatic rings. The maximum atomic E-state index is 11.8. The highest BCUT2D eigenvalue weighted by Gasteiger charge is 2.45. The molecule has 2 unspecified atom stereocenters. The predicted octanol–water partition coefficient (Wildman–Crippen LogP) is 1.25. The average Bonchev–Trinajstić information content (AvgIpc) is 2.83. The van der Waals surface area contributed by atoms with Crippen molar-refractivity contribution < 1.29 is 9.53 Å². The summed E-state index contributed by atoms with van der Waals surface area (Å²) in [7, 11) is 3.24. The van der Waals surface area contributed by atoms with E-state index < -0.39 is 5.54 Å². The first-order valence-electron chi connectivity index (χ1n) is 5.91. The molecule has 1 fully saturated rings. The minimum atomic E-state index is -0.540. The Hall–Kier alpha value is -1.14. The quantitative estimate of drug-likeness (QED) is 0.654. The van der Waals surface area contributed by atoms with E-state index in [1.54, 1.807) is 30.2 Å². The second kappa shape index (κ2) is 5.67. The van der Waals surface area contributed by atoms with Gasteiger partial charge in [-0.05, 0) is 32.4 Å². The van der Waals surface area contributed by atoms with Gasteiger partial charge in [0.1, 0.15) is 5.54 Å². The molecule has 0 bridgehead atoms. The molecule has 6 heteroatoms. The molecule has 0 aliphatic heterocycles. The topological polar surface area (TPSA) is 64.1 Å². The summed E-state index contributed by atoms with van der Waals surface area (Å²) in [5, 5.41) is 4.22. The van der Waals surface area contributed by atoms with E-state index in [9.17, 15) is 4.79 Å². The van der Waals surface area contributed by atoms with E-state index in [1.165, 1.54) is 7.11 Å². The van der Waals surface area contributed by atoms with Crippen LogP contribution in [-0.4, -0.2) is 40.9 Å². The third-order valence-electron chi connectivity index (χ3n) is 3.34. The molecule has 5 nitrogen and oxygen atoms in total. The zero-order valence-electron chi connectivity index (χ0n) is 10.5. The van der Waals surface area contributed by atoms with Gasteiger partial charge in [0.05, 0.1) is 7.11 Å². The van der Waals surface area contributed by atoms with Crippen LogP contribution in [-0.2, 0) is 9.53 Å². The molecule has 1 N–H and O–H groups in total. The van der Waals surface area contributed by atoms with Crippen molar-refractivity contribution in [3.63, 3.8) is 0 Å². The molecule has 18 heavy (non-hydrogen) atoms. The molecule has 0 radical (unpaired) electrons. The lowest BCUT2D eigenvalue weighted by Crippen LogP contribution is -2.49. The number of carbonyl (C=O) groups excluding carboxylic acids is 1. The predicted molar refractivity (Wildman–Crippen MR) is 69.3 cm³/mol. The molecular formula is C12H17N3O2S. The Morgan fingerprint density at radius 2 is 2.28 bits per heavy atom. The van der Waals surface area contributed by atoms with Crippen molar-refractivity contribution >= 4 is 17.7 Å². The highest BCUT2D eigenvalue weighted by Crippen LogP contribution is 2.39. The van der Waals surface area contributed by atoms with Crippen LogP contribution in [0.4, 0.5) is 0 Å². The molecule has 98 valence electrons. The van der Waals surface area contributed by atoms with Gasteiger partial charge in [-0.2, -0.15) is 0 Å². The number of ether oxygens (including phenoxy) is 1. The third-order valence-corrected chi connectivity index (χ3v) is 4.50. The summed E-state index contributed by atoms with van der Waals surface area (Å²) in [6.45, 7) is 0. The number of hydrogen-bond donors (Lipinski definition) is 1. The number of rotatable bonds is 4. The Kier molecular flexibility index (Phi) is 4.19. The first-order valence-corrected chi connectivity index (χ1v) is 6.79. The highest BCUT2D eigenvalue weighted by molar-refractivity contribution is 7.99. The summed E-state index contributed by atoms with van der Waals surface area (Å²) < 4.78 is 4.88. The number of hydrogen-bond acceptors (Lipinski definition) is 6. The fourth-order valence-corrected chi connectivity index (χ4v) is 3.45. The van der Waals surface area contributed by atoms with Crippen LogP contribution in [0.1, 0.15) is 19.3 Å². The second-order valence-electron chi connectivity index (χ2n) is 4.34. The Labute approximate surface area is 111 Å². The average molecular weight is 267 g/mol. The van der Waals surface area contributed by atoms with Crippen molar-refractivity contribution in [3.8, 4) is 0 Å². The fourth-order valence-electron chi connectivity index (χ4n) is 2.31. The van der Waals surface area contributed by atoms with Crippen molar-refractivity contribution in [2.45, 2.75) is 35.2 Å². The molecule has 2 atom stereocenters. The van der Waals surface area contributed by atoms with Crippen LogP contribution in [0.15, 0.2) is 23.6 Å². The number of thioether (sulfide) groups is 1. The largest absolute Gasteiger partial charge is 0.468 e. The van der Waals surface area contributed by atoms with E-state index in [4.69, 9.17) is 4.74 Å². The first kappa shape index (κ1) is 13.3. The number of nitrogens with zero attached hydrogens (tertiary/aromatic N) is 2. The minimum Gasteiger partial charge on any atom is -0.468 e. The van der Waals surface area contributed by atoms with Crippen LogP contribution in [0.25, 0.3) is 0 Å². The van der Waals surface area contributed by atoms with Gasteiger partial charge >= 0.3 is 5.97 Å². The lowest BCUT2D eigenvalue weighted by molar-refractivity contribution is -0.148. The molecular weight excluding hydrogens is 250 g/mol. The van der Waals surface area contributed by atoms with Gasteiger partial charge < -0.3 is 10.1 Å². The Morgan fingerprint density at radius 1 is 1.56 bits per heavy atom. The third kappa shape index (κ3) is 2.64. The van der Waals surface area contributed by atoms with Crippen molar-refractivity contribution in [2.75, 3.05) is 14.2 Å². The van der Waals surface area contributed by atoms with E-state index in [0.29, 0.717) is 5.25 Å². The summed E-state index contributed by atoms with van der Waals surface area (Å²) in [5.74, 6) is -0.179. The minimum absolute atomic E-state index is 0.179. The molecule has 1 saturated carbocycles. The summed E-state index contributed by atoms with van der Waals surface area (Å²) in [4.78, 5) is 20.2. The zero-order chi connectivity index (χ0) is 13.0. The van der Waals surface area contributed by atoms with Gasteiger partial charge in [0.25, 0.3) is 0 Å². The maximum Gasteiger partial charge on any atom is 0.326 e. The van der Waals surface area contributed by atoms with Crippen molar-refractivity contribution in [3.05, 3.63) is 18.5 Å². The summed E-state index contributed by atoms with van der Waals surface area (Å²) in [6, 6.07) is 1.80. The number of nitrogens with one attached hydrogen (secondary N) is 1. The number of aromatic nitrogens is 2. The van der Waals surface area contributed by atoms with Crippen LogP contribution < -0.4 is 5.32 Å². The van der Waals surface area contributed by atoms with Gasteiger partial charge in [0.2, 0.25) is 0 Å². The monoisotopic (exact) mass is 267 g/mol. The Bertz CT molecular complexity index is 415. The SMILES string of the molecule is CNC1(C(=O)OC)CCC(Sc2ncccn2)C1. The van der Waals surface area contributed by atoms with E-state index >= 15 is 0 Å². The Balaban J connectivity index is 2.01. The van der Waals surface area contributed by atoms with Gasteiger partial charge in [0, 0.05) is 17.6 Å². The maximum absolute atomic E-state index is 11.8. The second-order valence-corrected chi connectivity index (χ2v) is 5.61. The zero-order valence-corrected chi connectivity index (χ0v) is 11.4. The standard InChI is InChI=1S/C12H17N3O2S/c1-13-12(10(16)17-2)5-4-9(8-12)18-11-14-6-3-7-15-11/h3,6-7,9,13H,4-5,8H2,1-2H3. The van der Waals surface area contributed by atoms with Gasteiger partial charge in [0.15, 0.2) is 5.16 Å². The van der Waals surface area contributed by atoms with Gasteiger partial charge in [-0.1, -0.05) is 11.8 Å². The number of esters is 1. The molecule has 1 aliphatic carbocycles. The normalized spacial score (nSPS) is 27.1. The Morgan fingerprint density at radius 3 is 2.89 bits per heavy atom. The van der Waals surface area contributed by atoms with Crippen LogP contribution >= 0.6 is 11.8 Å². The van der Waals surface area contributed by atoms with Crippen LogP contribution in [0, 0.1) is 0 Å². The van der Waals surface area contributed by atoms with E-state index in [-0.39, 0.29) is 5.97 Å². The van der Waals surface area contributed by atoms with Crippen LogP contribution in [0.5, 0.6) is 0 Å². The van der Waals surface area contributed by atoms with Crippen molar-refractivity contribution in [2.24, 2.45) is 0 Å². The van der Waals surface area contributed by atoms with Crippen LogP contribution in [0.3, 0.4) is 0 Å². The molecule has 1 aliphatic rings. The first-order chi connectivity index (χ1) is 8.70. The lowest BCUT2D eigenvalue weighted by Gasteiger charge is -2.25. The van der Waals surface area contributed by atoms with Crippen LogP contribution in [0.2, 0.25) is 0 Å². The summed E-state index contributed by atoms with van der Waals surface area (Å²) in [5.41, 5.74) is -0.540. The van der Waals surface area contributed by atoms with Crippen molar-refractivity contribution in [1.82, 2.24) is 15.3 Å². The fraction of sp³-hybridized carbons (Fsp3) is 0.583. The van der Waals surface area contributed by atoms with Gasteiger partial charge in [-0.3, -0.25) is 4.79 Å². The van der Waals surface area contributed by atoms with Gasteiger partial charge in [-0.15, -0.1) is 0 Å². The summed E-state index contributed by atoms with van der Waals surface area (Å²) in [6.07, 6.45) is 5.96.